The molecule has 0 bridgehead atoms. The van der Waals surface area contributed by atoms with Gasteiger partial charge in [-0.15, -0.1) is 0 Å². The van der Waals surface area contributed by atoms with Gasteiger partial charge in [0, 0.05) is 6.54 Å². The fraction of sp³-hybridized carbons (Fsp3) is 0.619. The minimum atomic E-state index is -0.436. The predicted octanol–water partition coefficient (Wildman–Crippen LogP) is 4.69. The summed E-state index contributed by atoms with van der Waals surface area (Å²) < 4.78 is 6.05. The molecule has 2 fully saturated rings. The topological polar surface area (TPSA) is 38.7 Å². The van der Waals surface area contributed by atoms with E-state index in [1.54, 1.807) is 0 Å². The molecule has 2 aliphatic rings. The van der Waals surface area contributed by atoms with Crippen LogP contribution in [0.15, 0.2) is 35.3 Å². The zero-order valence-electron chi connectivity index (χ0n) is 14.6. The highest BCUT2D eigenvalue weighted by molar-refractivity contribution is 5.83. The van der Waals surface area contributed by atoms with Crippen LogP contribution < -0.4 is 0 Å². The van der Waals surface area contributed by atoms with E-state index in [1.807, 2.05) is 18.2 Å². The first-order valence-electron chi connectivity index (χ1n) is 9.45. The van der Waals surface area contributed by atoms with E-state index in [0.717, 1.165) is 57.1 Å². The molecule has 3 rings (SSSR count). The highest BCUT2D eigenvalue weighted by Gasteiger charge is 2.44. The Labute approximate surface area is 145 Å². The van der Waals surface area contributed by atoms with Crippen LogP contribution in [0.25, 0.3) is 0 Å². The van der Waals surface area contributed by atoms with Crippen LogP contribution in [0.2, 0.25) is 0 Å². The summed E-state index contributed by atoms with van der Waals surface area (Å²) in [6.07, 6.45) is 9.71. The van der Waals surface area contributed by atoms with Gasteiger partial charge < -0.3 is 9.73 Å². The highest BCUT2D eigenvalue weighted by Crippen LogP contribution is 2.42. The summed E-state index contributed by atoms with van der Waals surface area (Å²) >= 11 is 0. The molecular formula is C21H29NO2. The van der Waals surface area contributed by atoms with Crippen molar-refractivity contribution in [1.82, 2.24) is 0 Å². The van der Waals surface area contributed by atoms with Gasteiger partial charge >= 0.3 is 5.97 Å². The molecule has 1 aromatic carbocycles. The molecule has 0 amide bonds. The van der Waals surface area contributed by atoms with E-state index >= 15 is 0 Å². The summed E-state index contributed by atoms with van der Waals surface area (Å²) in [5.74, 6) is 0.481. The smallest absolute Gasteiger partial charge is 0.316 e. The number of nitrogens with zero attached hydrogens (tertiary/aromatic N) is 1. The van der Waals surface area contributed by atoms with E-state index in [9.17, 15) is 4.79 Å². The predicted molar refractivity (Wildman–Crippen MR) is 97.5 cm³/mol. The fourth-order valence-electron chi connectivity index (χ4n) is 4.23. The number of esters is 1. The number of aliphatic imine (C=N–C) groups is 1. The van der Waals surface area contributed by atoms with E-state index in [-0.39, 0.29) is 12.1 Å². The van der Waals surface area contributed by atoms with Gasteiger partial charge in [-0.05, 0) is 50.3 Å². The Morgan fingerprint density at radius 3 is 2.42 bits per heavy atom. The van der Waals surface area contributed by atoms with Crippen molar-refractivity contribution < 1.29 is 9.53 Å². The van der Waals surface area contributed by atoms with Crippen LogP contribution in [0.5, 0.6) is 0 Å². The Balaban J connectivity index is 1.75. The molecule has 0 radical (unpaired) electrons. The van der Waals surface area contributed by atoms with Crippen molar-refractivity contribution in [3.05, 3.63) is 35.9 Å². The van der Waals surface area contributed by atoms with Crippen LogP contribution in [-0.2, 0) is 14.9 Å². The lowest BCUT2D eigenvalue weighted by atomic mass is 9.73. The number of benzene rings is 1. The second kappa shape index (κ2) is 7.96. The van der Waals surface area contributed by atoms with Gasteiger partial charge in [-0.1, -0.05) is 56.0 Å². The van der Waals surface area contributed by atoms with Crippen LogP contribution >= 0.6 is 0 Å². The SMILES string of the molecule is C=NCCC1CCC1OC(=O)C1(c2ccccc2)CCCCCC1. The van der Waals surface area contributed by atoms with E-state index < -0.39 is 5.41 Å². The fourth-order valence-corrected chi connectivity index (χ4v) is 4.23. The Bertz CT molecular complexity index is 546. The molecular weight excluding hydrogens is 298 g/mol. The standard InChI is InChI=1S/C21H29NO2/c1-22-16-13-17-11-12-19(17)24-20(23)21(14-7-2-3-8-15-21)18-9-5-4-6-10-18/h4-6,9-10,17,19H,1-3,7-8,11-16H2. The van der Waals surface area contributed by atoms with Crippen LogP contribution in [0.1, 0.15) is 63.4 Å². The molecule has 2 unspecified atom stereocenters. The Hall–Kier alpha value is -1.64. The summed E-state index contributed by atoms with van der Waals surface area (Å²) in [4.78, 5) is 17.2. The number of hydrogen-bond donors (Lipinski definition) is 0. The molecule has 130 valence electrons. The molecule has 0 aromatic heterocycles. The van der Waals surface area contributed by atoms with Gasteiger partial charge in [0.1, 0.15) is 6.10 Å². The average molecular weight is 327 g/mol. The summed E-state index contributed by atoms with van der Waals surface area (Å²) in [6.45, 7) is 4.32. The van der Waals surface area contributed by atoms with Gasteiger partial charge in [0.15, 0.2) is 0 Å². The van der Waals surface area contributed by atoms with E-state index in [0.29, 0.717) is 5.92 Å². The lowest BCUT2D eigenvalue weighted by Gasteiger charge is -2.39. The van der Waals surface area contributed by atoms with Crippen LogP contribution in [0.3, 0.4) is 0 Å². The molecule has 0 heterocycles. The average Bonchev–Trinajstić information content (AvgIpc) is 2.86. The molecule has 2 saturated carbocycles. The minimum absolute atomic E-state index is 0.0110. The molecule has 0 saturated heterocycles. The summed E-state index contributed by atoms with van der Waals surface area (Å²) in [5, 5.41) is 0. The second-order valence-corrected chi connectivity index (χ2v) is 7.38. The molecule has 2 atom stereocenters. The number of carbonyl (C=O) groups excluding carboxylic acids is 1. The summed E-state index contributed by atoms with van der Waals surface area (Å²) in [6, 6.07) is 10.3. The maximum absolute atomic E-state index is 13.2. The molecule has 0 spiro atoms. The summed E-state index contributed by atoms with van der Waals surface area (Å²) in [5.41, 5.74) is 0.703. The first-order valence-corrected chi connectivity index (χ1v) is 9.45. The van der Waals surface area contributed by atoms with E-state index in [1.165, 1.54) is 12.8 Å². The third-order valence-electron chi connectivity index (χ3n) is 5.94. The first-order chi connectivity index (χ1) is 11.8. The first kappa shape index (κ1) is 17.2. The largest absolute Gasteiger partial charge is 0.461 e. The van der Waals surface area contributed by atoms with Gasteiger partial charge in [0.05, 0.1) is 5.41 Å². The lowest BCUT2D eigenvalue weighted by Crippen LogP contribution is -2.44. The van der Waals surface area contributed by atoms with Crippen molar-refractivity contribution in [3.63, 3.8) is 0 Å². The van der Waals surface area contributed by atoms with Gasteiger partial charge in [-0.2, -0.15) is 0 Å². The van der Waals surface area contributed by atoms with Crippen LogP contribution in [0, 0.1) is 5.92 Å². The highest BCUT2D eigenvalue weighted by atomic mass is 16.5. The lowest BCUT2D eigenvalue weighted by molar-refractivity contribution is -0.166. The van der Waals surface area contributed by atoms with Crippen LogP contribution in [-0.4, -0.2) is 25.3 Å². The molecule has 0 aliphatic heterocycles. The Morgan fingerprint density at radius 2 is 1.83 bits per heavy atom. The zero-order chi connectivity index (χ0) is 16.8. The van der Waals surface area contributed by atoms with Crippen molar-refractivity contribution in [1.29, 1.82) is 0 Å². The molecule has 1 aromatic rings. The molecule has 3 nitrogen and oxygen atoms in total. The Morgan fingerprint density at radius 1 is 1.12 bits per heavy atom. The second-order valence-electron chi connectivity index (χ2n) is 7.38. The molecule has 3 heteroatoms. The molecule has 24 heavy (non-hydrogen) atoms. The van der Waals surface area contributed by atoms with Crippen molar-refractivity contribution in [2.24, 2.45) is 10.9 Å². The van der Waals surface area contributed by atoms with Crippen molar-refractivity contribution in [3.8, 4) is 0 Å². The van der Waals surface area contributed by atoms with E-state index in [2.05, 4.69) is 23.8 Å². The number of hydrogen-bond acceptors (Lipinski definition) is 3. The quantitative estimate of drug-likeness (QED) is 0.432. The number of carbonyl (C=O) groups is 1. The van der Waals surface area contributed by atoms with Gasteiger partial charge in [0.25, 0.3) is 0 Å². The van der Waals surface area contributed by atoms with Crippen molar-refractivity contribution in [2.75, 3.05) is 6.54 Å². The number of rotatable bonds is 6. The van der Waals surface area contributed by atoms with Crippen molar-refractivity contribution in [2.45, 2.75) is 69.3 Å². The minimum Gasteiger partial charge on any atom is -0.461 e. The van der Waals surface area contributed by atoms with E-state index in [4.69, 9.17) is 4.74 Å². The summed E-state index contributed by atoms with van der Waals surface area (Å²) in [7, 11) is 0. The normalized spacial score (nSPS) is 26.0. The van der Waals surface area contributed by atoms with Crippen molar-refractivity contribution >= 4 is 12.7 Å². The van der Waals surface area contributed by atoms with Gasteiger partial charge in [-0.25, -0.2) is 0 Å². The third kappa shape index (κ3) is 3.55. The monoisotopic (exact) mass is 327 g/mol. The van der Waals surface area contributed by atoms with Crippen LogP contribution in [0.4, 0.5) is 0 Å². The molecule has 2 aliphatic carbocycles. The Kier molecular flexibility index (Phi) is 5.70. The van der Waals surface area contributed by atoms with Gasteiger partial charge in [-0.3, -0.25) is 4.79 Å². The third-order valence-corrected chi connectivity index (χ3v) is 5.94. The maximum Gasteiger partial charge on any atom is 0.316 e. The number of ether oxygens (including phenoxy) is 1. The molecule has 0 N–H and O–H groups in total. The van der Waals surface area contributed by atoms with Gasteiger partial charge in [0.2, 0.25) is 0 Å². The maximum atomic E-state index is 13.2. The zero-order valence-corrected chi connectivity index (χ0v) is 14.6.